The number of rotatable bonds is 2. The van der Waals surface area contributed by atoms with Gasteiger partial charge in [-0.15, -0.1) is 11.8 Å². The minimum Gasteiger partial charge on any atom is -0.197 e. The van der Waals surface area contributed by atoms with Crippen LogP contribution in [0.25, 0.3) is 0 Å². The maximum atomic E-state index is 12.4. The predicted molar refractivity (Wildman–Crippen MR) is 65.2 cm³/mol. The van der Waals surface area contributed by atoms with E-state index in [1.54, 1.807) is 11.8 Å². The van der Waals surface area contributed by atoms with E-state index in [2.05, 4.69) is 6.07 Å². The van der Waals surface area contributed by atoms with E-state index in [0.29, 0.717) is 6.42 Å². The van der Waals surface area contributed by atoms with Crippen molar-refractivity contribution in [2.45, 2.75) is 30.2 Å². The van der Waals surface area contributed by atoms with Gasteiger partial charge in [-0.25, -0.2) is 0 Å². The fourth-order valence-corrected chi connectivity index (χ4v) is 3.41. The highest BCUT2D eigenvalue weighted by molar-refractivity contribution is 8.01. The summed E-state index contributed by atoms with van der Waals surface area (Å²) in [5, 5.41) is 9.21. The number of thioether (sulfide) groups is 1. The number of alkyl halides is 3. The van der Waals surface area contributed by atoms with E-state index >= 15 is 0 Å². The van der Waals surface area contributed by atoms with E-state index in [1.807, 2.05) is 0 Å². The number of hydrogen-bond donors (Lipinski definition) is 0. The highest BCUT2D eigenvalue weighted by Gasteiger charge is 2.35. The molecule has 1 aliphatic rings. The predicted octanol–water partition coefficient (Wildman–Crippen LogP) is 4.04. The van der Waals surface area contributed by atoms with Crippen molar-refractivity contribution in [1.82, 2.24) is 0 Å². The Hall–Kier alpha value is -1.15. The molecule has 0 aromatic heterocycles. The standard InChI is InChI=1S/C13H12F3NS/c14-13(15,16)11-4-2-10(3-5-11)8-12(9-17)6-1-7-18-12/h2-5H,1,6-8H2. The molecule has 96 valence electrons. The molecule has 18 heavy (non-hydrogen) atoms. The average molecular weight is 271 g/mol. The fraction of sp³-hybridized carbons (Fsp3) is 0.462. The maximum Gasteiger partial charge on any atom is 0.416 e. The largest absolute Gasteiger partial charge is 0.416 e. The van der Waals surface area contributed by atoms with Gasteiger partial charge in [0.15, 0.2) is 0 Å². The lowest BCUT2D eigenvalue weighted by molar-refractivity contribution is -0.137. The first kappa shape index (κ1) is 13.3. The van der Waals surface area contributed by atoms with Crippen LogP contribution < -0.4 is 0 Å². The van der Waals surface area contributed by atoms with Gasteiger partial charge in [-0.3, -0.25) is 0 Å². The van der Waals surface area contributed by atoms with Crippen LogP contribution in [-0.2, 0) is 12.6 Å². The molecule has 0 N–H and O–H groups in total. The zero-order valence-electron chi connectivity index (χ0n) is 9.63. The van der Waals surface area contributed by atoms with Crippen LogP contribution in [0.4, 0.5) is 13.2 Å². The molecule has 1 heterocycles. The number of nitrogens with zero attached hydrogens (tertiary/aromatic N) is 1. The van der Waals surface area contributed by atoms with Crippen molar-refractivity contribution >= 4 is 11.8 Å². The molecule has 0 saturated carbocycles. The second-order valence-electron chi connectivity index (χ2n) is 4.43. The average Bonchev–Trinajstić information content (AvgIpc) is 2.78. The van der Waals surface area contributed by atoms with Crippen molar-refractivity contribution in [2.24, 2.45) is 0 Å². The molecule has 0 bridgehead atoms. The van der Waals surface area contributed by atoms with Gasteiger partial charge >= 0.3 is 6.18 Å². The van der Waals surface area contributed by atoms with Crippen molar-refractivity contribution in [3.8, 4) is 6.07 Å². The Morgan fingerprint density at radius 1 is 1.28 bits per heavy atom. The zero-order chi connectivity index (χ0) is 13.2. The molecular weight excluding hydrogens is 259 g/mol. The molecule has 0 spiro atoms. The second kappa shape index (κ2) is 4.85. The molecule has 0 amide bonds. The minimum absolute atomic E-state index is 0.445. The molecule has 1 fully saturated rings. The molecule has 1 aromatic rings. The van der Waals surface area contributed by atoms with Gasteiger partial charge in [-0.05, 0) is 36.3 Å². The Morgan fingerprint density at radius 2 is 1.94 bits per heavy atom. The quantitative estimate of drug-likeness (QED) is 0.810. The first-order valence-corrected chi connectivity index (χ1v) is 6.65. The lowest BCUT2D eigenvalue weighted by Gasteiger charge is -2.19. The molecular formula is C13H12F3NS. The van der Waals surface area contributed by atoms with E-state index in [1.165, 1.54) is 12.1 Å². The first-order chi connectivity index (χ1) is 8.45. The van der Waals surface area contributed by atoms with Crippen LogP contribution in [-0.4, -0.2) is 10.5 Å². The third-order valence-corrected chi connectivity index (χ3v) is 4.56. The van der Waals surface area contributed by atoms with Gasteiger partial charge < -0.3 is 0 Å². The van der Waals surface area contributed by atoms with E-state index in [-0.39, 0.29) is 0 Å². The van der Waals surface area contributed by atoms with E-state index in [4.69, 9.17) is 0 Å². The SMILES string of the molecule is N#CC1(Cc2ccc(C(F)(F)F)cc2)CCCS1. The number of benzene rings is 1. The monoisotopic (exact) mass is 271 g/mol. The molecule has 2 rings (SSSR count). The van der Waals surface area contributed by atoms with Crippen molar-refractivity contribution in [1.29, 1.82) is 5.26 Å². The third-order valence-electron chi connectivity index (χ3n) is 3.08. The molecule has 1 unspecified atom stereocenters. The lowest BCUT2D eigenvalue weighted by Crippen LogP contribution is -2.21. The van der Waals surface area contributed by atoms with Crippen LogP contribution in [0.1, 0.15) is 24.0 Å². The zero-order valence-corrected chi connectivity index (χ0v) is 10.4. The van der Waals surface area contributed by atoms with Crippen LogP contribution in [0.2, 0.25) is 0 Å². The van der Waals surface area contributed by atoms with Gasteiger partial charge in [-0.2, -0.15) is 18.4 Å². The molecule has 5 heteroatoms. The van der Waals surface area contributed by atoms with Gasteiger partial charge in [0.25, 0.3) is 0 Å². The van der Waals surface area contributed by atoms with Crippen LogP contribution in [0.15, 0.2) is 24.3 Å². The van der Waals surface area contributed by atoms with Crippen LogP contribution in [0.5, 0.6) is 0 Å². The molecule has 1 aliphatic heterocycles. The Morgan fingerprint density at radius 3 is 2.39 bits per heavy atom. The van der Waals surface area contributed by atoms with Crippen LogP contribution in [0, 0.1) is 11.3 Å². The van der Waals surface area contributed by atoms with E-state index in [0.717, 1.165) is 36.3 Å². The van der Waals surface area contributed by atoms with Crippen LogP contribution >= 0.6 is 11.8 Å². The van der Waals surface area contributed by atoms with Gasteiger partial charge in [-0.1, -0.05) is 12.1 Å². The Labute approximate surface area is 108 Å². The summed E-state index contributed by atoms with van der Waals surface area (Å²) in [6, 6.07) is 7.42. The Balaban J connectivity index is 2.14. The molecule has 1 atom stereocenters. The number of nitriles is 1. The summed E-state index contributed by atoms with van der Waals surface area (Å²) >= 11 is 1.61. The van der Waals surface area contributed by atoms with E-state index in [9.17, 15) is 18.4 Å². The normalized spacial score (nSPS) is 23.9. The topological polar surface area (TPSA) is 23.8 Å². The fourth-order valence-electron chi connectivity index (χ4n) is 2.11. The van der Waals surface area contributed by atoms with Gasteiger partial charge in [0.05, 0.1) is 11.6 Å². The lowest BCUT2D eigenvalue weighted by atomic mass is 9.95. The Kier molecular flexibility index (Phi) is 3.58. The Bertz CT molecular complexity index is 453. The van der Waals surface area contributed by atoms with Crippen molar-refractivity contribution in [3.05, 3.63) is 35.4 Å². The van der Waals surface area contributed by atoms with Gasteiger partial charge in [0.2, 0.25) is 0 Å². The van der Waals surface area contributed by atoms with E-state index < -0.39 is 16.5 Å². The van der Waals surface area contributed by atoms with Crippen LogP contribution in [0.3, 0.4) is 0 Å². The second-order valence-corrected chi connectivity index (χ2v) is 5.91. The van der Waals surface area contributed by atoms with Crippen molar-refractivity contribution in [3.63, 3.8) is 0 Å². The molecule has 1 aromatic carbocycles. The smallest absolute Gasteiger partial charge is 0.197 e. The minimum atomic E-state index is -4.30. The molecule has 0 aliphatic carbocycles. The van der Waals surface area contributed by atoms with Gasteiger partial charge in [0.1, 0.15) is 4.75 Å². The highest BCUT2D eigenvalue weighted by atomic mass is 32.2. The highest BCUT2D eigenvalue weighted by Crippen LogP contribution is 2.40. The third kappa shape index (κ3) is 2.81. The summed E-state index contributed by atoms with van der Waals surface area (Å²) in [5.41, 5.74) is 0.148. The molecule has 1 saturated heterocycles. The number of halogens is 3. The summed E-state index contributed by atoms with van der Waals surface area (Å²) in [7, 11) is 0. The molecule has 0 radical (unpaired) electrons. The summed E-state index contributed by atoms with van der Waals surface area (Å²) in [5.74, 6) is 0.953. The molecule has 1 nitrogen and oxygen atoms in total. The summed E-state index contributed by atoms with van der Waals surface area (Å²) in [6.45, 7) is 0. The summed E-state index contributed by atoms with van der Waals surface area (Å²) in [6.07, 6.45) is -1.96. The van der Waals surface area contributed by atoms with Crippen molar-refractivity contribution < 1.29 is 13.2 Å². The maximum absolute atomic E-state index is 12.4. The first-order valence-electron chi connectivity index (χ1n) is 5.67. The van der Waals surface area contributed by atoms with Gasteiger partial charge in [0, 0.05) is 6.42 Å². The summed E-state index contributed by atoms with van der Waals surface area (Å²) in [4.78, 5) is 0. The number of hydrogen-bond acceptors (Lipinski definition) is 2. The van der Waals surface area contributed by atoms with Crippen molar-refractivity contribution in [2.75, 3.05) is 5.75 Å². The summed E-state index contributed by atoms with van der Waals surface area (Å²) < 4.78 is 36.8.